The highest BCUT2D eigenvalue weighted by atomic mass is 32.2. The van der Waals surface area contributed by atoms with E-state index in [9.17, 15) is 25.6 Å². The van der Waals surface area contributed by atoms with Crippen molar-refractivity contribution in [3.8, 4) is 0 Å². The molecule has 11 nitrogen and oxygen atoms in total. The van der Waals surface area contributed by atoms with Crippen molar-refractivity contribution in [1.29, 1.82) is 0 Å². The van der Waals surface area contributed by atoms with Crippen LogP contribution in [0.4, 0.5) is 8.78 Å². The zero-order valence-corrected chi connectivity index (χ0v) is 22.8. The maximum Gasteiger partial charge on any atom is 0.280 e. The van der Waals surface area contributed by atoms with E-state index in [0.29, 0.717) is 29.8 Å². The predicted molar refractivity (Wildman–Crippen MR) is 138 cm³/mol. The highest BCUT2D eigenvalue weighted by molar-refractivity contribution is 7.90. The molecule has 1 N–H and O–H groups in total. The van der Waals surface area contributed by atoms with E-state index in [1.807, 2.05) is 13.8 Å². The van der Waals surface area contributed by atoms with Crippen molar-refractivity contribution in [3.05, 3.63) is 54.1 Å². The topological polar surface area (TPSA) is 132 Å². The first kappa shape index (κ1) is 26.2. The zero-order chi connectivity index (χ0) is 27.7. The summed E-state index contributed by atoms with van der Waals surface area (Å²) in [5.74, 6) is -2.57. The van der Waals surface area contributed by atoms with Crippen molar-refractivity contribution in [2.75, 3.05) is 13.1 Å². The fourth-order valence-corrected chi connectivity index (χ4v) is 8.40. The molecular weight excluding hydrogens is 552 g/mol. The second-order valence-corrected chi connectivity index (χ2v) is 13.9. The number of alkyl halides is 2. The van der Waals surface area contributed by atoms with Crippen molar-refractivity contribution < 1.29 is 25.6 Å². The number of hydrogen-bond donors (Lipinski definition) is 1. The Morgan fingerprint density at radius 3 is 2.44 bits per heavy atom. The van der Waals surface area contributed by atoms with Gasteiger partial charge in [-0.25, -0.2) is 26.2 Å². The highest BCUT2D eigenvalue weighted by Gasteiger charge is 2.50. The first-order valence-electron chi connectivity index (χ1n) is 12.6. The second kappa shape index (κ2) is 9.01. The number of aromatic nitrogens is 5. The normalized spacial score (nSPS) is 23.9. The molecule has 0 radical (unpaired) electrons. The molecule has 15 heteroatoms. The Morgan fingerprint density at radius 2 is 1.77 bits per heavy atom. The van der Waals surface area contributed by atoms with E-state index in [0.717, 1.165) is 20.3 Å². The van der Waals surface area contributed by atoms with E-state index in [4.69, 9.17) is 0 Å². The Bertz CT molecular complexity index is 1780. The van der Waals surface area contributed by atoms with E-state index >= 15 is 0 Å². The summed E-state index contributed by atoms with van der Waals surface area (Å²) in [4.78, 5) is 4.50. The van der Waals surface area contributed by atoms with Gasteiger partial charge in [-0.05, 0) is 43.9 Å². The number of hydrogen-bond acceptors (Lipinski definition) is 7. The summed E-state index contributed by atoms with van der Waals surface area (Å²) in [6.45, 7) is 2.23. The van der Waals surface area contributed by atoms with Gasteiger partial charge in [0, 0.05) is 18.2 Å². The summed E-state index contributed by atoms with van der Waals surface area (Å²) >= 11 is 0. The quantitative estimate of drug-likeness (QED) is 0.356. The number of nitrogens with one attached hydrogen (secondary N) is 1. The van der Waals surface area contributed by atoms with Crippen LogP contribution in [0.5, 0.6) is 0 Å². The lowest BCUT2D eigenvalue weighted by molar-refractivity contribution is -0.0950. The largest absolute Gasteiger partial charge is 0.280 e. The van der Waals surface area contributed by atoms with Gasteiger partial charge in [0.2, 0.25) is 0 Å². The van der Waals surface area contributed by atoms with Crippen molar-refractivity contribution >= 4 is 37.0 Å². The third-order valence-corrected chi connectivity index (χ3v) is 10.9. The third kappa shape index (κ3) is 4.40. The van der Waals surface area contributed by atoms with E-state index in [1.54, 1.807) is 34.7 Å². The zero-order valence-electron chi connectivity index (χ0n) is 21.2. The molecule has 3 aromatic heterocycles. The van der Waals surface area contributed by atoms with Gasteiger partial charge in [0.15, 0.2) is 11.3 Å². The minimum Gasteiger partial charge on any atom is -0.274 e. The Morgan fingerprint density at radius 1 is 1.05 bits per heavy atom. The van der Waals surface area contributed by atoms with Gasteiger partial charge in [-0.15, -0.1) is 10.2 Å². The molecule has 39 heavy (non-hydrogen) atoms. The van der Waals surface area contributed by atoms with Crippen molar-refractivity contribution in [1.82, 2.24) is 32.6 Å². The minimum absolute atomic E-state index is 0.0459. The highest BCUT2D eigenvalue weighted by Crippen LogP contribution is 2.42. The van der Waals surface area contributed by atoms with Crippen molar-refractivity contribution in [3.63, 3.8) is 0 Å². The molecular formula is C24H27F2N7O4S2. The summed E-state index contributed by atoms with van der Waals surface area (Å²) in [6, 6.07) is 7.73. The maximum atomic E-state index is 13.4. The number of halogens is 2. The molecule has 0 spiro atoms. The number of nitrogens with zero attached hydrogens (tertiary/aromatic N) is 6. The lowest BCUT2D eigenvalue weighted by Crippen LogP contribution is -2.61. The monoisotopic (exact) mass is 579 g/mol. The average Bonchev–Trinajstić information content (AvgIpc) is 3.58. The van der Waals surface area contributed by atoms with Crippen LogP contribution in [0.2, 0.25) is 0 Å². The molecule has 0 bridgehead atoms. The van der Waals surface area contributed by atoms with Crippen LogP contribution in [-0.2, 0) is 20.2 Å². The summed E-state index contributed by atoms with van der Waals surface area (Å²) in [7, 11) is -7.96. The van der Waals surface area contributed by atoms with Gasteiger partial charge < -0.3 is 0 Å². The summed E-state index contributed by atoms with van der Waals surface area (Å²) in [5.41, 5.74) is 2.09. The SMILES string of the molecule is CC[C@@H]1C[C@H](NS(=O)(=O)N2CC(F)(F)C2)C[C@@H]1c1nnc2cnc3c(ccn3S(=O)(=O)c3ccc(C)cc3)n12. The van der Waals surface area contributed by atoms with E-state index < -0.39 is 45.3 Å². The molecule has 0 amide bonds. The molecule has 208 valence electrons. The average molecular weight is 580 g/mol. The number of rotatable bonds is 7. The predicted octanol–water partition coefficient (Wildman–Crippen LogP) is 2.68. The van der Waals surface area contributed by atoms with Crippen LogP contribution < -0.4 is 4.72 Å². The second-order valence-electron chi connectivity index (χ2n) is 10.3. The van der Waals surface area contributed by atoms with E-state index in [2.05, 4.69) is 19.9 Å². The Balaban J connectivity index is 1.34. The lowest BCUT2D eigenvalue weighted by atomic mass is 9.93. The molecule has 3 atom stereocenters. The van der Waals surface area contributed by atoms with E-state index in [1.165, 1.54) is 12.4 Å². The van der Waals surface area contributed by atoms with Gasteiger partial charge in [-0.2, -0.15) is 17.4 Å². The summed E-state index contributed by atoms with van der Waals surface area (Å²) in [6.07, 6.45) is 4.55. The molecule has 1 aromatic carbocycles. The first-order chi connectivity index (χ1) is 18.4. The maximum absolute atomic E-state index is 13.4. The fourth-order valence-electron chi connectivity index (χ4n) is 5.62. The Labute approximate surface area is 224 Å². The number of benzene rings is 1. The third-order valence-electron chi connectivity index (χ3n) is 7.66. The molecule has 4 aromatic rings. The van der Waals surface area contributed by atoms with Gasteiger partial charge in [-0.3, -0.25) is 4.40 Å². The van der Waals surface area contributed by atoms with Gasteiger partial charge in [0.25, 0.3) is 26.2 Å². The molecule has 1 aliphatic heterocycles. The van der Waals surface area contributed by atoms with Crippen molar-refractivity contribution in [2.24, 2.45) is 5.92 Å². The Hall–Kier alpha value is -3.01. The molecule has 1 saturated carbocycles. The van der Waals surface area contributed by atoms with E-state index in [-0.39, 0.29) is 22.4 Å². The molecule has 0 unspecified atom stereocenters. The molecule has 2 aliphatic rings. The Kier molecular flexibility index (Phi) is 6.06. The van der Waals surface area contributed by atoms with Crippen LogP contribution in [0, 0.1) is 12.8 Å². The summed E-state index contributed by atoms with van der Waals surface area (Å²) < 4.78 is 84.9. The molecule has 6 rings (SSSR count). The van der Waals surface area contributed by atoms with Crippen LogP contribution in [-0.4, -0.2) is 69.7 Å². The first-order valence-corrected chi connectivity index (χ1v) is 15.5. The van der Waals surface area contributed by atoms with Gasteiger partial charge >= 0.3 is 0 Å². The van der Waals surface area contributed by atoms with Crippen molar-refractivity contribution in [2.45, 2.75) is 55.9 Å². The van der Waals surface area contributed by atoms with Crippen LogP contribution >= 0.6 is 0 Å². The number of aryl methyl sites for hydroxylation is 1. The van der Waals surface area contributed by atoms with Crippen LogP contribution in [0.15, 0.2) is 47.6 Å². The smallest absolute Gasteiger partial charge is 0.274 e. The van der Waals surface area contributed by atoms with Gasteiger partial charge in [-0.1, -0.05) is 31.0 Å². The van der Waals surface area contributed by atoms with Crippen LogP contribution in [0.1, 0.15) is 43.5 Å². The fraction of sp³-hybridized carbons (Fsp3) is 0.458. The summed E-state index contributed by atoms with van der Waals surface area (Å²) in [5, 5.41) is 8.65. The molecule has 1 saturated heterocycles. The lowest BCUT2D eigenvalue weighted by Gasteiger charge is -2.37. The standard InChI is InChI=1S/C24H27F2N7O4S2/c1-3-16-10-17(30-39(36,37)31-13-24(25,26)14-31)11-19(16)22-29-28-21-12-27-23-20(33(21)22)8-9-32(23)38(34,35)18-6-4-15(2)5-7-18/h4-9,12,16-17,19,30H,3,10-11,13-14H2,1-2H3/t16-,17+,19+/m1/s1. The van der Waals surface area contributed by atoms with Gasteiger partial charge in [0.1, 0.15) is 5.82 Å². The molecule has 1 aliphatic carbocycles. The molecule has 4 heterocycles. The van der Waals surface area contributed by atoms with Crippen LogP contribution in [0.25, 0.3) is 16.8 Å². The molecule has 2 fully saturated rings. The minimum atomic E-state index is -4.04. The van der Waals surface area contributed by atoms with Crippen LogP contribution in [0.3, 0.4) is 0 Å². The van der Waals surface area contributed by atoms with Gasteiger partial charge in [0.05, 0.1) is 29.7 Å². The number of fused-ring (bicyclic) bond motifs is 3.